The second-order valence-electron chi connectivity index (χ2n) is 4.83. The predicted molar refractivity (Wildman–Crippen MR) is 83.6 cm³/mol. The first-order valence-electron chi connectivity index (χ1n) is 6.35. The summed E-state index contributed by atoms with van der Waals surface area (Å²) in [4.78, 5) is 22.2. The molecule has 0 radical (unpaired) electrons. The lowest BCUT2D eigenvalue weighted by atomic mass is 10.1. The monoisotopic (exact) mass is 320 g/mol. The SMILES string of the molecule is Cc1cc(O)c(NC(=O)c2ccc([N+](=O)[O-])cc2Cl)cc1C. The number of nitro groups is 1. The summed E-state index contributed by atoms with van der Waals surface area (Å²) >= 11 is 5.90. The van der Waals surface area contributed by atoms with Crippen LogP contribution in [0.25, 0.3) is 0 Å². The van der Waals surface area contributed by atoms with Gasteiger partial charge in [-0.05, 0) is 43.2 Å². The molecule has 22 heavy (non-hydrogen) atoms. The van der Waals surface area contributed by atoms with E-state index in [1.165, 1.54) is 12.1 Å². The molecule has 0 aliphatic heterocycles. The molecule has 2 aromatic rings. The number of non-ortho nitro benzene ring substituents is 1. The van der Waals surface area contributed by atoms with Crippen LogP contribution in [0.1, 0.15) is 21.5 Å². The summed E-state index contributed by atoms with van der Waals surface area (Å²) in [5, 5.41) is 23.0. The molecule has 6 nitrogen and oxygen atoms in total. The highest BCUT2D eigenvalue weighted by Crippen LogP contribution is 2.29. The number of nitrogens with one attached hydrogen (secondary N) is 1. The van der Waals surface area contributed by atoms with Crippen LogP contribution < -0.4 is 5.32 Å². The molecule has 2 aromatic carbocycles. The molecular formula is C15H13ClN2O4. The number of rotatable bonds is 3. The first kappa shape index (κ1) is 15.8. The summed E-state index contributed by atoms with van der Waals surface area (Å²) < 4.78 is 0. The first-order chi connectivity index (χ1) is 10.3. The third-order valence-electron chi connectivity index (χ3n) is 3.27. The Morgan fingerprint density at radius 1 is 1.23 bits per heavy atom. The largest absolute Gasteiger partial charge is 0.506 e. The molecule has 114 valence electrons. The van der Waals surface area contributed by atoms with E-state index in [-0.39, 0.29) is 27.7 Å². The second kappa shape index (κ2) is 6.03. The number of phenolic OH excluding ortho intramolecular Hbond substituents is 1. The number of anilines is 1. The Morgan fingerprint density at radius 2 is 1.86 bits per heavy atom. The third-order valence-corrected chi connectivity index (χ3v) is 3.58. The smallest absolute Gasteiger partial charge is 0.270 e. The normalized spacial score (nSPS) is 10.3. The molecule has 0 saturated heterocycles. The van der Waals surface area contributed by atoms with E-state index in [1.54, 1.807) is 12.1 Å². The molecule has 0 unspecified atom stereocenters. The number of aromatic hydroxyl groups is 1. The molecule has 0 heterocycles. The molecule has 0 atom stereocenters. The molecule has 2 rings (SSSR count). The maximum atomic E-state index is 12.2. The van der Waals surface area contributed by atoms with Crippen LogP contribution in [-0.2, 0) is 0 Å². The zero-order chi connectivity index (χ0) is 16.4. The first-order valence-corrected chi connectivity index (χ1v) is 6.73. The minimum absolute atomic E-state index is 0.0324. The summed E-state index contributed by atoms with van der Waals surface area (Å²) in [6.45, 7) is 3.69. The van der Waals surface area contributed by atoms with Crippen LogP contribution in [0.5, 0.6) is 5.75 Å². The second-order valence-corrected chi connectivity index (χ2v) is 5.24. The number of hydrogen-bond donors (Lipinski definition) is 2. The standard InChI is InChI=1S/C15H13ClN2O4/c1-8-5-13(14(19)6-9(8)2)17-15(20)11-4-3-10(18(21)22)7-12(11)16/h3-7,19H,1-2H3,(H,17,20). The maximum absolute atomic E-state index is 12.2. The van der Waals surface area contributed by atoms with Crippen molar-refractivity contribution in [1.29, 1.82) is 0 Å². The predicted octanol–water partition coefficient (Wildman–Crippen LogP) is 3.82. The zero-order valence-electron chi connectivity index (χ0n) is 11.9. The fraction of sp³-hybridized carbons (Fsp3) is 0.133. The molecule has 0 aromatic heterocycles. The number of carbonyl (C=O) groups is 1. The zero-order valence-corrected chi connectivity index (χ0v) is 12.6. The van der Waals surface area contributed by atoms with Crippen molar-refractivity contribution in [2.24, 2.45) is 0 Å². The van der Waals surface area contributed by atoms with Crippen LogP contribution in [0, 0.1) is 24.0 Å². The van der Waals surface area contributed by atoms with Gasteiger partial charge in [0, 0.05) is 12.1 Å². The van der Waals surface area contributed by atoms with Crippen molar-refractivity contribution in [2.75, 3.05) is 5.32 Å². The van der Waals surface area contributed by atoms with Crippen molar-refractivity contribution in [3.63, 3.8) is 0 Å². The van der Waals surface area contributed by atoms with E-state index in [0.29, 0.717) is 0 Å². The van der Waals surface area contributed by atoms with E-state index in [2.05, 4.69) is 5.32 Å². The molecule has 7 heteroatoms. The number of halogens is 1. The van der Waals surface area contributed by atoms with E-state index in [9.17, 15) is 20.0 Å². The minimum atomic E-state index is -0.595. The number of phenols is 1. The van der Waals surface area contributed by atoms with Gasteiger partial charge in [0.1, 0.15) is 5.75 Å². The van der Waals surface area contributed by atoms with Gasteiger partial charge >= 0.3 is 0 Å². The van der Waals surface area contributed by atoms with E-state index < -0.39 is 10.8 Å². The highest BCUT2D eigenvalue weighted by Gasteiger charge is 2.16. The summed E-state index contributed by atoms with van der Waals surface area (Å²) in [5.74, 6) is -0.618. The molecular weight excluding hydrogens is 308 g/mol. The quantitative estimate of drug-likeness (QED) is 0.510. The Hall–Kier alpha value is -2.60. The molecule has 0 aliphatic carbocycles. The molecule has 1 amide bonds. The Balaban J connectivity index is 2.30. The van der Waals surface area contributed by atoms with E-state index in [0.717, 1.165) is 17.2 Å². The van der Waals surface area contributed by atoms with Crippen molar-refractivity contribution in [3.8, 4) is 5.75 Å². The molecule has 0 bridgehead atoms. The van der Waals surface area contributed by atoms with Crippen LogP contribution in [0.2, 0.25) is 5.02 Å². The highest BCUT2D eigenvalue weighted by molar-refractivity contribution is 6.34. The van der Waals surface area contributed by atoms with Crippen molar-refractivity contribution >= 4 is 28.9 Å². The van der Waals surface area contributed by atoms with Gasteiger partial charge in [-0.15, -0.1) is 0 Å². The molecule has 0 saturated carbocycles. The van der Waals surface area contributed by atoms with Crippen LogP contribution in [0.15, 0.2) is 30.3 Å². The Bertz CT molecular complexity index is 774. The van der Waals surface area contributed by atoms with Gasteiger partial charge in [0.2, 0.25) is 0 Å². The molecule has 0 aliphatic rings. The van der Waals surface area contributed by atoms with Crippen LogP contribution in [-0.4, -0.2) is 15.9 Å². The number of nitrogens with zero attached hydrogens (tertiary/aromatic N) is 1. The minimum Gasteiger partial charge on any atom is -0.506 e. The van der Waals surface area contributed by atoms with E-state index in [1.807, 2.05) is 13.8 Å². The summed E-state index contributed by atoms with van der Waals surface area (Å²) in [6, 6.07) is 6.76. The van der Waals surface area contributed by atoms with Gasteiger partial charge in [0.05, 0.1) is 21.2 Å². The van der Waals surface area contributed by atoms with Crippen molar-refractivity contribution in [2.45, 2.75) is 13.8 Å². The summed E-state index contributed by atoms with van der Waals surface area (Å²) in [7, 11) is 0. The van der Waals surface area contributed by atoms with Crippen LogP contribution in [0.3, 0.4) is 0 Å². The fourth-order valence-corrected chi connectivity index (χ4v) is 2.15. The van der Waals surface area contributed by atoms with Crippen molar-refractivity contribution in [3.05, 3.63) is 62.2 Å². The number of benzene rings is 2. The number of aryl methyl sites for hydroxylation is 2. The average molecular weight is 321 g/mol. The molecule has 0 spiro atoms. The van der Waals surface area contributed by atoms with Crippen molar-refractivity contribution < 1.29 is 14.8 Å². The van der Waals surface area contributed by atoms with Gasteiger partial charge < -0.3 is 10.4 Å². The molecule has 2 N–H and O–H groups in total. The van der Waals surface area contributed by atoms with Gasteiger partial charge in [-0.3, -0.25) is 14.9 Å². The molecule has 0 fully saturated rings. The third kappa shape index (κ3) is 3.17. The van der Waals surface area contributed by atoms with E-state index >= 15 is 0 Å². The number of amides is 1. The maximum Gasteiger partial charge on any atom is 0.270 e. The Labute approximate surface area is 131 Å². The highest BCUT2D eigenvalue weighted by atomic mass is 35.5. The van der Waals surface area contributed by atoms with Gasteiger partial charge in [-0.25, -0.2) is 0 Å². The van der Waals surface area contributed by atoms with Gasteiger partial charge in [0.15, 0.2) is 0 Å². The number of hydrogen-bond acceptors (Lipinski definition) is 4. The number of carbonyl (C=O) groups excluding carboxylic acids is 1. The number of nitro benzene ring substituents is 1. The van der Waals surface area contributed by atoms with E-state index in [4.69, 9.17) is 11.6 Å². The Kier molecular flexibility index (Phi) is 4.32. The summed E-state index contributed by atoms with van der Waals surface area (Å²) in [5.41, 5.74) is 1.94. The lowest BCUT2D eigenvalue weighted by Crippen LogP contribution is -2.13. The summed E-state index contributed by atoms with van der Waals surface area (Å²) in [6.07, 6.45) is 0. The fourth-order valence-electron chi connectivity index (χ4n) is 1.89. The van der Waals surface area contributed by atoms with Crippen LogP contribution >= 0.6 is 11.6 Å². The Morgan fingerprint density at radius 3 is 2.45 bits per heavy atom. The van der Waals surface area contributed by atoms with Gasteiger partial charge in [-0.2, -0.15) is 0 Å². The average Bonchev–Trinajstić information content (AvgIpc) is 2.44. The topological polar surface area (TPSA) is 92.5 Å². The van der Waals surface area contributed by atoms with Crippen molar-refractivity contribution in [1.82, 2.24) is 0 Å². The van der Waals surface area contributed by atoms with Gasteiger partial charge in [0.25, 0.3) is 11.6 Å². The lowest BCUT2D eigenvalue weighted by molar-refractivity contribution is -0.384. The van der Waals surface area contributed by atoms with Gasteiger partial charge in [-0.1, -0.05) is 11.6 Å². The van der Waals surface area contributed by atoms with Crippen LogP contribution in [0.4, 0.5) is 11.4 Å². The lowest BCUT2D eigenvalue weighted by Gasteiger charge is -2.11.